The second-order valence-electron chi connectivity index (χ2n) is 8.73. The van der Waals surface area contributed by atoms with Crippen molar-refractivity contribution in [3.63, 3.8) is 0 Å². The first-order valence-electron chi connectivity index (χ1n) is 11.7. The number of hydrogen-bond acceptors (Lipinski definition) is 6. The lowest BCUT2D eigenvalue weighted by Gasteiger charge is -2.12. The van der Waals surface area contributed by atoms with Gasteiger partial charge in [0.05, 0.1) is 21.6 Å². The van der Waals surface area contributed by atoms with Crippen molar-refractivity contribution in [3.8, 4) is 10.4 Å². The third kappa shape index (κ3) is 3.34. The fourth-order valence-corrected chi connectivity index (χ4v) is 6.75. The summed E-state index contributed by atoms with van der Waals surface area (Å²) in [5, 5.41) is 12.2. The standard InChI is InChI=1S/C28H21N2O3S2/c31-28(33-16-17-6-4-13-32-17)24-20-9-3-8-19(23-11-5-14-34-23)25(20)29-30-22-10-2-1-7-18(22)27-21(26(24)30)12-15-35-27/h1-3,5,7-12,14-15,17H,4,6,13,16H2/q+1. The average Bonchev–Trinajstić information content (AvgIpc) is 3.69. The molecule has 0 N–H and O–H groups in total. The van der Waals surface area contributed by atoms with Crippen LogP contribution < -0.4 is 4.52 Å². The maximum absolute atomic E-state index is 13.8. The van der Waals surface area contributed by atoms with E-state index in [-0.39, 0.29) is 18.7 Å². The summed E-state index contributed by atoms with van der Waals surface area (Å²) >= 11 is 3.35. The number of aromatic nitrogens is 2. The molecular formula is C28H21N2O3S2+. The lowest BCUT2D eigenvalue weighted by Crippen LogP contribution is -2.31. The van der Waals surface area contributed by atoms with Crippen molar-refractivity contribution in [1.29, 1.82) is 0 Å². The first-order valence-corrected chi connectivity index (χ1v) is 13.4. The van der Waals surface area contributed by atoms with E-state index in [9.17, 15) is 4.79 Å². The molecule has 1 saturated heterocycles. The number of pyridine rings is 1. The van der Waals surface area contributed by atoms with E-state index in [2.05, 4.69) is 41.1 Å². The molecule has 5 heterocycles. The Morgan fingerprint density at radius 2 is 1.91 bits per heavy atom. The quantitative estimate of drug-likeness (QED) is 0.122. The third-order valence-corrected chi connectivity index (χ3v) is 8.52. The Labute approximate surface area is 209 Å². The molecule has 0 bridgehead atoms. The number of para-hydroxylation sites is 1. The lowest BCUT2D eigenvalue weighted by atomic mass is 10.0. The van der Waals surface area contributed by atoms with Gasteiger partial charge >= 0.3 is 5.97 Å². The maximum atomic E-state index is 13.8. The Balaban J connectivity index is 1.58. The van der Waals surface area contributed by atoms with Crippen LogP contribution in [0.2, 0.25) is 0 Å². The molecule has 35 heavy (non-hydrogen) atoms. The van der Waals surface area contributed by atoms with Crippen molar-refractivity contribution in [2.75, 3.05) is 13.2 Å². The van der Waals surface area contributed by atoms with Gasteiger partial charge in [-0.2, -0.15) is 0 Å². The van der Waals surface area contributed by atoms with Crippen molar-refractivity contribution in [2.24, 2.45) is 0 Å². The molecule has 4 aromatic heterocycles. The number of fused-ring (bicyclic) bond motifs is 7. The van der Waals surface area contributed by atoms with Gasteiger partial charge in [0.15, 0.2) is 0 Å². The van der Waals surface area contributed by atoms with E-state index < -0.39 is 0 Å². The summed E-state index contributed by atoms with van der Waals surface area (Å²) in [6.45, 7) is 0.991. The van der Waals surface area contributed by atoms with Gasteiger partial charge in [0.25, 0.3) is 5.52 Å². The monoisotopic (exact) mass is 497 g/mol. The summed E-state index contributed by atoms with van der Waals surface area (Å²) < 4.78 is 14.7. The topological polar surface area (TPSA) is 52.5 Å². The van der Waals surface area contributed by atoms with E-state index in [1.165, 1.54) is 0 Å². The molecule has 1 unspecified atom stereocenters. The number of thiophene rings is 2. The number of nitrogens with zero attached hydrogens (tertiary/aromatic N) is 2. The summed E-state index contributed by atoms with van der Waals surface area (Å²) in [5.74, 6) is -0.337. The molecule has 0 aliphatic carbocycles. The van der Waals surface area contributed by atoms with Gasteiger partial charge in [-0.1, -0.05) is 36.4 Å². The van der Waals surface area contributed by atoms with Crippen LogP contribution in [0.15, 0.2) is 71.4 Å². The third-order valence-electron chi connectivity index (χ3n) is 6.67. The average molecular weight is 498 g/mol. The summed E-state index contributed by atoms with van der Waals surface area (Å²) in [5.41, 5.74) is 4.10. The maximum Gasteiger partial charge on any atom is 0.345 e. The zero-order valence-electron chi connectivity index (χ0n) is 18.8. The Morgan fingerprint density at radius 3 is 2.77 bits per heavy atom. The van der Waals surface area contributed by atoms with Crippen molar-refractivity contribution in [3.05, 3.63) is 77.0 Å². The highest BCUT2D eigenvalue weighted by Crippen LogP contribution is 2.37. The molecule has 5 nitrogen and oxygen atoms in total. The zero-order valence-corrected chi connectivity index (χ0v) is 20.4. The highest BCUT2D eigenvalue weighted by Gasteiger charge is 2.30. The number of rotatable bonds is 4. The van der Waals surface area contributed by atoms with Crippen LogP contribution in [-0.4, -0.2) is 30.4 Å². The Morgan fingerprint density at radius 1 is 1.00 bits per heavy atom. The van der Waals surface area contributed by atoms with Gasteiger partial charge in [-0.15, -0.1) is 22.7 Å². The van der Waals surface area contributed by atoms with Crippen molar-refractivity contribution in [1.82, 2.24) is 5.10 Å². The van der Waals surface area contributed by atoms with E-state index in [4.69, 9.17) is 14.6 Å². The second-order valence-corrected chi connectivity index (χ2v) is 10.6. The number of hydrogen-bond donors (Lipinski definition) is 0. The van der Waals surface area contributed by atoms with Gasteiger partial charge in [-0.05, 0) is 46.3 Å². The largest absolute Gasteiger partial charge is 0.459 e. The van der Waals surface area contributed by atoms with Crippen molar-refractivity contribution >= 4 is 66.1 Å². The minimum Gasteiger partial charge on any atom is -0.459 e. The summed E-state index contributed by atoms with van der Waals surface area (Å²) in [4.78, 5) is 14.9. The number of carbonyl (C=O) groups excluding carboxylic acids is 1. The molecule has 6 aromatic rings. The zero-order chi connectivity index (χ0) is 23.4. The van der Waals surface area contributed by atoms with Crippen LogP contribution in [0, 0.1) is 0 Å². The van der Waals surface area contributed by atoms with Crippen LogP contribution in [0.1, 0.15) is 23.2 Å². The fraction of sp³-hybridized carbons (Fsp3) is 0.179. The Hall–Kier alpha value is -3.39. The van der Waals surface area contributed by atoms with E-state index in [0.717, 1.165) is 67.3 Å². The number of esters is 1. The molecule has 0 amide bonds. The minimum absolute atomic E-state index is 0.0327. The summed E-state index contributed by atoms with van der Waals surface area (Å²) in [7, 11) is 0. The van der Waals surface area contributed by atoms with Crippen LogP contribution in [-0.2, 0) is 9.47 Å². The number of ether oxygens (including phenoxy) is 2. The predicted molar refractivity (Wildman–Crippen MR) is 140 cm³/mol. The molecule has 0 spiro atoms. The first kappa shape index (κ1) is 20.9. The minimum atomic E-state index is -0.337. The van der Waals surface area contributed by atoms with Crippen LogP contribution in [0.5, 0.6) is 0 Å². The number of carbonyl (C=O) groups is 1. The van der Waals surface area contributed by atoms with E-state index in [0.29, 0.717) is 5.56 Å². The van der Waals surface area contributed by atoms with Gasteiger partial charge < -0.3 is 9.47 Å². The van der Waals surface area contributed by atoms with E-state index >= 15 is 0 Å². The molecule has 0 saturated carbocycles. The smallest absolute Gasteiger partial charge is 0.345 e. The van der Waals surface area contributed by atoms with Gasteiger partial charge in [0.2, 0.25) is 5.52 Å². The van der Waals surface area contributed by atoms with Crippen LogP contribution in [0.4, 0.5) is 0 Å². The molecule has 1 aliphatic rings. The van der Waals surface area contributed by atoms with Crippen LogP contribution >= 0.6 is 22.7 Å². The van der Waals surface area contributed by atoms with E-state index in [1.807, 2.05) is 34.8 Å². The van der Waals surface area contributed by atoms with Crippen molar-refractivity contribution < 1.29 is 18.8 Å². The van der Waals surface area contributed by atoms with E-state index in [1.54, 1.807) is 22.7 Å². The molecule has 0 radical (unpaired) electrons. The molecule has 1 fully saturated rings. The lowest BCUT2D eigenvalue weighted by molar-refractivity contribution is -0.548. The van der Waals surface area contributed by atoms with Gasteiger partial charge in [0.1, 0.15) is 17.7 Å². The summed E-state index contributed by atoms with van der Waals surface area (Å²) in [6.07, 6.45) is 1.89. The molecule has 1 aliphatic heterocycles. The Bertz CT molecular complexity index is 1730. The molecule has 2 aromatic carbocycles. The molecular weight excluding hydrogens is 476 g/mol. The van der Waals surface area contributed by atoms with Crippen molar-refractivity contribution in [2.45, 2.75) is 18.9 Å². The molecule has 7 rings (SSSR count). The molecule has 7 heteroatoms. The molecule has 172 valence electrons. The predicted octanol–water partition coefficient (Wildman–Crippen LogP) is 6.41. The second kappa shape index (κ2) is 8.37. The van der Waals surface area contributed by atoms with Crippen LogP contribution in [0.3, 0.4) is 0 Å². The number of benzene rings is 2. The Kier molecular flexibility index (Phi) is 5.01. The summed E-state index contributed by atoms with van der Waals surface area (Å²) in [6, 6.07) is 20.5. The highest BCUT2D eigenvalue weighted by atomic mass is 32.1. The van der Waals surface area contributed by atoms with Gasteiger partial charge in [-0.3, -0.25) is 0 Å². The normalized spacial score (nSPS) is 16.1. The fourth-order valence-electron chi connectivity index (χ4n) is 5.07. The van der Waals surface area contributed by atoms with Gasteiger partial charge in [-0.25, -0.2) is 4.79 Å². The highest BCUT2D eigenvalue weighted by molar-refractivity contribution is 7.18. The van der Waals surface area contributed by atoms with Crippen LogP contribution in [0.25, 0.3) is 47.8 Å². The first-order chi connectivity index (χ1) is 17.3. The SMILES string of the molecule is O=C(OCC1CCCO1)c1c2cccc(-c3cccs3)c2n[n+]2c3ccccc3c3sccc3c12. The molecule has 1 atom stereocenters. The van der Waals surface area contributed by atoms with Gasteiger partial charge in [0, 0.05) is 33.6 Å².